The van der Waals surface area contributed by atoms with E-state index in [2.05, 4.69) is 13.8 Å². The summed E-state index contributed by atoms with van der Waals surface area (Å²) in [7, 11) is 0. The van der Waals surface area contributed by atoms with Gasteiger partial charge in [0.05, 0.1) is 0 Å². The topological polar surface area (TPSA) is 26.0 Å². The van der Waals surface area contributed by atoms with Gasteiger partial charge < -0.3 is 5.73 Å². The minimum Gasteiger partial charge on any atom is -0.324 e. The van der Waals surface area contributed by atoms with Gasteiger partial charge in [-0.25, -0.2) is 4.39 Å². The highest BCUT2D eigenvalue weighted by Gasteiger charge is 2.13. The molecule has 0 amide bonds. The fourth-order valence-corrected chi connectivity index (χ4v) is 1.40. The quantitative estimate of drug-likeness (QED) is 0.845. The van der Waals surface area contributed by atoms with Gasteiger partial charge >= 0.3 is 0 Å². The molecular formula is C12H19ClFN. The molecule has 0 aromatic heterocycles. The molecule has 0 aliphatic carbocycles. The Morgan fingerprint density at radius 2 is 2.00 bits per heavy atom. The van der Waals surface area contributed by atoms with Gasteiger partial charge in [0.15, 0.2) is 0 Å². The molecule has 1 aromatic rings. The first kappa shape index (κ1) is 14.4. The third-order valence-corrected chi connectivity index (χ3v) is 2.84. The number of hydrogen-bond acceptors (Lipinski definition) is 1. The Bertz CT molecular complexity index is 314. The smallest absolute Gasteiger partial charge is 0.126 e. The Hall–Kier alpha value is -0.600. The predicted octanol–water partition coefficient (Wildman–Crippen LogP) is 3.60. The second kappa shape index (κ2) is 6.09. The van der Waals surface area contributed by atoms with Gasteiger partial charge in [-0.3, -0.25) is 0 Å². The van der Waals surface area contributed by atoms with Crippen LogP contribution in [0, 0.1) is 18.7 Å². The van der Waals surface area contributed by atoms with Crippen LogP contribution in [-0.4, -0.2) is 0 Å². The van der Waals surface area contributed by atoms with E-state index in [1.807, 2.05) is 6.07 Å². The molecule has 86 valence electrons. The van der Waals surface area contributed by atoms with Gasteiger partial charge in [-0.2, -0.15) is 0 Å². The van der Waals surface area contributed by atoms with Crippen LogP contribution >= 0.6 is 12.4 Å². The lowest BCUT2D eigenvalue weighted by atomic mass is 9.93. The Balaban J connectivity index is 0.00000196. The van der Waals surface area contributed by atoms with E-state index in [-0.39, 0.29) is 24.3 Å². The van der Waals surface area contributed by atoms with Gasteiger partial charge in [0, 0.05) is 6.04 Å². The fraction of sp³-hybridized carbons (Fsp3) is 0.500. The summed E-state index contributed by atoms with van der Waals surface area (Å²) in [5.74, 6) is 0.221. The van der Waals surface area contributed by atoms with Crippen molar-refractivity contribution < 1.29 is 4.39 Å². The van der Waals surface area contributed by atoms with E-state index in [1.54, 1.807) is 19.1 Å². The summed E-state index contributed by atoms with van der Waals surface area (Å²) in [5, 5.41) is 0. The third-order valence-electron chi connectivity index (χ3n) is 2.84. The Morgan fingerprint density at radius 1 is 1.40 bits per heavy atom. The summed E-state index contributed by atoms with van der Waals surface area (Å²) >= 11 is 0. The molecule has 0 aliphatic heterocycles. The summed E-state index contributed by atoms with van der Waals surface area (Å²) in [6.45, 7) is 5.94. The second-order valence-corrected chi connectivity index (χ2v) is 3.92. The van der Waals surface area contributed by atoms with E-state index in [4.69, 9.17) is 5.73 Å². The summed E-state index contributed by atoms with van der Waals surface area (Å²) in [6, 6.07) is 5.18. The Labute approximate surface area is 97.3 Å². The number of aryl methyl sites for hydroxylation is 1. The maximum absolute atomic E-state index is 13.3. The SMILES string of the molecule is CCC(C)[C@H](N)c1ccc(C)c(F)c1.Cl. The van der Waals surface area contributed by atoms with Crippen LogP contribution in [-0.2, 0) is 0 Å². The highest BCUT2D eigenvalue weighted by atomic mass is 35.5. The van der Waals surface area contributed by atoms with Crippen molar-refractivity contribution in [2.75, 3.05) is 0 Å². The predicted molar refractivity (Wildman–Crippen MR) is 64.8 cm³/mol. The van der Waals surface area contributed by atoms with Crippen LogP contribution in [0.4, 0.5) is 4.39 Å². The molecule has 2 atom stereocenters. The van der Waals surface area contributed by atoms with Gasteiger partial charge in [-0.05, 0) is 30.0 Å². The van der Waals surface area contributed by atoms with Gasteiger partial charge in [0.25, 0.3) is 0 Å². The summed E-state index contributed by atoms with van der Waals surface area (Å²) < 4.78 is 13.3. The highest BCUT2D eigenvalue weighted by Crippen LogP contribution is 2.23. The average molecular weight is 232 g/mol. The standard InChI is InChI=1S/C12H18FN.ClH/c1-4-8(2)12(14)10-6-5-9(3)11(13)7-10;/h5-8,12H,4,14H2,1-3H3;1H/t8?,12-;/m0./s1. The first-order valence-corrected chi connectivity index (χ1v) is 5.08. The molecule has 3 heteroatoms. The summed E-state index contributed by atoms with van der Waals surface area (Å²) in [6.07, 6.45) is 1.01. The number of nitrogens with two attached hydrogens (primary N) is 1. The first-order chi connectivity index (χ1) is 6.56. The maximum Gasteiger partial charge on any atom is 0.126 e. The number of halogens is 2. The normalized spacial score (nSPS) is 14.2. The molecule has 0 radical (unpaired) electrons. The van der Waals surface area contributed by atoms with Crippen molar-refractivity contribution in [3.63, 3.8) is 0 Å². The van der Waals surface area contributed by atoms with Gasteiger partial charge in [-0.1, -0.05) is 32.4 Å². The third kappa shape index (κ3) is 3.47. The lowest BCUT2D eigenvalue weighted by Crippen LogP contribution is -2.18. The molecule has 1 nitrogen and oxygen atoms in total. The minimum atomic E-state index is -0.166. The zero-order valence-electron chi connectivity index (χ0n) is 9.46. The Morgan fingerprint density at radius 3 is 2.47 bits per heavy atom. The first-order valence-electron chi connectivity index (χ1n) is 5.08. The molecule has 2 N–H and O–H groups in total. The van der Waals surface area contributed by atoms with Crippen molar-refractivity contribution in [3.8, 4) is 0 Å². The van der Waals surface area contributed by atoms with Crippen molar-refractivity contribution >= 4 is 12.4 Å². The molecule has 0 saturated carbocycles. The lowest BCUT2D eigenvalue weighted by molar-refractivity contribution is 0.454. The van der Waals surface area contributed by atoms with Crippen LogP contribution in [0.5, 0.6) is 0 Å². The van der Waals surface area contributed by atoms with Gasteiger partial charge in [-0.15, -0.1) is 12.4 Å². The molecule has 15 heavy (non-hydrogen) atoms. The molecule has 0 fully saturated rings. The molecule has 0 spiro atoms. The molecule has 0 aliphatic rings. The lowest BCUT2D eigenvalue weighted by Gasteiger charge is -2.18. The van der Waals surface area contributed by atoms with Crippen LogP contribution in [0.15, 0.2) is 18.2 Å². The van der Waals surface area contributed by atoms with Crippen molar-refractivity contribution in [3.05, 3.63) is 35.1 Å². The van der Waals surface area contributed by atoms with E-state index >= 15 is 0 Å². The van der Waals surface area contributed by atoms with E-state index in [0.29, 0.717) is 11.5 Å². The molecule has 0 heterocycles. The molecule has 1 unspecified atom stereocenters. The number of hydrogen-bond donors (Lipinski definition) is 1. The zero-order valence-corrected chi connectivity index (χ0v) is 10.3. The van der Waals surface area contributed by atoms with Crippen LogP contribution < -0.4 is 5.73 Å². The highest BCUT2D eigenvalue weighted by molar-refractivity contribution is 5.85. The molecule has 1 rings (SSSR count). The largest absolute Gasteiger partial charge is 0.324 e. The molecule has 1 aromatic carbocycles. The van der Waals surface area contributed by atoms with Crippen molar-refractivity contribution in [2.45, 2.75) is 33.2 Å². The zero-order chi connectivity index (χ0) is 10.7. The van der Waals surface area contributed by atoms with E-state index < -0.39 is 0 Å². The van der Waals surface area contributed by atoms with Crippen LogP contribution in [0.1, 0.15) is 37.4 Å². The van der Waals surface area contributed by atoms with E-state index in [9.17, 15) is 4.39 Å². The number of benzene rings is 1. The van der Waals surface area contributed by atoms with Crippen LogP contribution in [0.2, 0.25) is 0 Å². The molecule has 0 saturated heterocycles. The molecular weight excluding hydrogens is 213 g/mol. The van der Waals surface area contributed by atoms with Crippen LogP contribution in [0.3, 0.4) is 0 Å². The molecule has 0 bridgehead atoms. The maximum atomic E-state index is 13.3. The average Bonchev–Trinajstić information content (AvgIpc) is 2.20. The second-order valence-electron chi connectivity index (χ2n) is 3.92. The minimum absolute atomic E-state index is 0. The van der Waals surface area contributed by atoms with Crippen molar-refractivity contribution in [1.82, 2.24) is 0 Å². The number of rotatable bonds is 3. The van der Waals surface area contributed by atoms with E-state index in [0.717, 1.165) is 12.0 Å². The monoisotopic (exact) mass is 231 g/mol. The Kier molecular flexibility index (Phi) is 5.84. The van der Waals surface area contributed by atoms with Crippen molar-refractivity contribution in [2.24, 2.45) is 11.7 Å². The van der Waals surface area contributed by atoms with Crippen molar-refractivity contribution in [1.29, 1.82) is 0 Å². The van der Waals surface area contributed by atoms with Gasteiger partial charge in [0.1, 0.15) is 5.82 Å². The fourth-order valence-electron chi connectivity index (χ4n) is 1.40. The van der Waals surface area contributed by atoms with E-state index in [1.165, 1.54) is 0 Å². The van der Waals surface area contributed by atoms with Gasteiger partial charge in [0.2, 0.25) is 0 Å². The summed E-state index contributed by atoms with van der Waals surface area (Å²) in [5.41, 5.74) is 7.56. The summed E-state index contributed by atoms with van der Waals surface area (Å²) in [4.78, 5) is 0. The van der Waals surface area contributed by atoms with Crippen LogP contribution in [0.25, 0.3) is 0 Å².